The largest absolute Gasteiger partial charge is 0.390 e. The number of alkyl halides is 1. The Bertz CT molecular complexity index is 338. The van der Waals surface area contributed by atoms with E-state index in [1.54, 1.807) is 6.20 Å². The molecule has 0 aromatic carbocycles. The number of likely N-dealkylation sites (tertiary alicyclic amines) is 1. The fraction of sp³-hybridized carbons (Fsp3) is 0.583. The summed E-state index contributed by atoms with van der Waals surface area (Å²) in [7, 11) is 0. The van der Waals surface area contributed by atoms with Crippen molar-refractivity contribution < 1.29 is 9.50 Å². The van der Waals surface area contributed by atoms with Crippen LogP contribution in [-0.2, 0) is 6.61 Å². The van der Waals surface area contributed by atoms with Crippen LogP contribution in [0.25, 0.3) is 0 Å². The van der Waals surface area contributed by atoms with Crippen LogP contribution in [-0.4, -0.2) is 47.3 Å². The molecule has 2 rings (SSSR count). The molecule has 5 heteroatoms. The van der Waals surface area contributed by atoms with Crippen LogP contribution in [0, 0.1) is 0 Å². The number of pyridine rings is 1. The second-order valence-corrected chi connectivity index (χ2v) is 4.34. The molecule has 1 aliphatic rings. The zero-order valence-corrected chi connectivity index (χ0v) is 9.77. The molecule has 0 spiro atoms. The van der Waals surface area contributed by atoms with Crippen molar-refractivity contribution in [3.8, 4) is 0 Å². The van der Waals surface area contributed by atoms with E-state index < -0.39 is 0 Å². The number of aliphatic hydroxyl groups is 1. The molecule has 0 aliphatic carbocycles. The van der Waals surface area contributed by atoms with Crippen molar-refractivity contribution in [2.75, 3.05) is 31.6 Å². The molecule has 2 N–H and O–H groups in total. The summed E-state index contributed by atoms with van der Waals surface area (Å²) in [4.78, 5) is 6.33. The smallest absolute Gasteiger partial charge is 0.0906 e. The van der Waals surface area contributed by atoms with E-state index in [0.717, 1.165) is 25.3 Å². The van der Waals surface area contributed by atoms with Crippen molar-refractivity contribution >= 4 is 5.69 Å². The quantitative estimate of drug-likeness (QED) is 0.778. The van der Waals surface area contributed by atoms with E-state index >= 15 is 0 Å². The highest BCUT2D eigenvalue weighted by molar-refractivity contribution is 5.42. The minimum Gasteiger partial charge on any atom is -0.390 e. The second kappa shape index (κ2) is 5.93. The molecule has 94 valence electrons. The van der Waals surface area contributed by atoms with Crippen LogP contribution < -0.4 is 5.32 Å². The number of aromatic nitrogens is 1. The van der Waals surface area contributed by atoms with Crippen molar-refractivity contribution in [3.63, 3.8) is 0 Å². The minimum atomic E-state index is -0.235. The Labute approximate surface area is 100 Å². The summed E-state index contributed by atoms with van der Waals surface area (Å²) in [5, 5.41) is 12.2. The van der Waals surface area contributed by atoms with E-state index in [9.17, 15) is 4.39 Å². The predicted molar refractivity (Wildman–Crippen MR) is 64.6 cm³/mol. The fourth-order valence-corrected chi connectivity index (χ4v) is 1.97. The number of aliphatic hydroxyl groups excluding tert-OH is 1. The Morgan fingerprint density at radius 2 is 2.29 bits per heavy atom. The lowest BCUT2D eigenvalue weighted by molar-refractivity contribution is 0.155. The van der Waals surface area contributed by atoms with Gasteiger partial charge in [-0.3, -0.25) is 14.3 Å². The number of nitrogens with one attached hydrogen (secondary N) is 1. The van der Waals surface area contributed by atoms with Gasteiger partial charge in [0.2, 0.25) is 0 Å². The highest BCUT2D eigenvalue weighted by atomic mass is 19.1. The molecule has 1 saturated heterocycles. The molecule has 2 heterocycles. The van der Waals surface area contributed by atoms with E-state index in [1.807, 2.05) is 12.1 Å². The highest BCUT2D eigenvalue weighted by Crippen LogP contribution is 2.15. The van der Waals surface area contributed by atoms with E-state index in [1.165, 1.54) is 0 Å². The van der Waals surface area contributed by atoms with Gasteiger partial charge in [-0.1, -0.05) is 0 Å². The van der Waals surface area contributed by atoms with Gasteiger partial charge in [-0.15, -0.1) is 0 Å². The van der Waals surface area contributed by atoms with E-state index in [-0.39, 0.29) is 13.3 Å². The second-order valence-electron chi connectivity index (χ2n) is 4.34. The van der Waals surface area contributed by atoms with Gasteiger partial charge >= 0.3 is 0 Å². The first-order chi connectivity index (χ1) is 8.31. The third-order valence-electron chi connectivity index (χ3n) is 2.92. The number of nitrogens with zero attached hydrogens (tertiary/aromatic N) is 2. The molecule has 0 unspecified atom stereocenters. The maximum Gasteiger partial charge on any atom is 0.0906 e. The highest BCUT2D eigenvalue weighted by Gasteiger charge is 2.25. The van der Waals surface area contributed by atoms with Gasteiger partial charge in [-0.25, -0.2) is 0 Å². The molecule has 1 aromatic rings. The SMILES string of the molecule is OCc1ccc(NC2CN(CCCF)C2)cn1. The summed E-state index contributed by atoms with van der Waals surface area (Å²) in [5.41, 5.74) is 1.64. The lowest BCUT2D eigenvalue weighted by Crippen LogP contribution is -2.54. The van der Waals surface area contributed by atoms with E-state index in [0.29, 0.717) is 18.2 Å². The maximum absolute atomic E-state index is 12.0. The molecule has 4 nitrogen and oxygen atoms in total. The Balaban J connectivity index is 1.72. The number of rotatable bonds is 6. The topological polar surface area (TPSA) is 48.4 Å². The normalized spacial score (nSPS) is 16.8. The summed E-state index contributed by atoms with van der Waals surface area (Å²) in [5.74, 6) is 0. The van der Waals surface area contributed by atoms with Crippen LogP contribution in [0.15, 0.2) is 18.3 Å². The summed E-state index contributed by atoms with van der Waals surface area (Å²) < 4.78 is 12.0. The maximum atomic E-state index is 12.0. The molecule has 0 amide bonds. The van der Waals surface area contributed by atoms with Crippen LogP contribution in [0.4, 0.5) is 10.1 Å². The summed E-state index contributed by atoms with van der Waals surface area (Å²) in [6.07, 6.45) is 2.36. The van der Waals surface area contributed by atoms with E-state index in [4.69, 9.17) is 5.11 Å². The van der Waals surface area contributed by atoms with Gasteiger partial charge in [-0.2, -0.15) is 0 Å². The van der Waals surface area contributed by atoms with Crippen LogP contribution in [0.5, 0.6) is 0 Å². The van der Waals surface area contributed by atoms with Gasteiger partial charge in [-0.05, 0) is 18.6 Å². The molecular weight excluding hydrogens is 221 g/mol. The van der Waals surface area contributed by atoms with Crippen LogP contribution in [0.2, 0.25) is 0 Å². The molecule has 0 saturated carbocycles. The van der Waals surface area contributed by atoms with Crippen molar-refractivity contribution in [2.45, 2.75) is 19.1 Å². The van der Waals surface area contributed by atoms with Crippen LogP contribution in [0.1, 0.15) is 12.1 Å². The van der Waals surface area contributed by atoms with Crippen molar-refractivity contribution in [1.82, 2.24) is 9.88 Å². The minimum absolute atomic E-state index is 0.0271. The Morgan fingerprint density at radius 1 is 1.47 bits per heavy atom. The van der Waals surface area contributed by atoms with Gasteiger partial charge in [0.15, 0.2) is 0 Å². The van der Waals surface area contributed by atoms with Crippen LogP contribution in [0.3, 0.4) is 0 Å². The predicted octanol–water partition coefficient (Wildman–Crippen LogP) is 1.03. The van der Waals surface area contributed by atoms with Gasteiger partial charge < -0.3 is 10.4 Å². The first-order valence-electron chi connectivity index (χ1n) is 5.92. The van der Waals surface area contributed by atoms with Crippen molar-refractivity contribution in [2.24, 2.45) is 0 Å². The first-order valence-corrected chi connectivity index (χ1v) is 5.92. The van der Waals surface area contributed by atoms with Gasteiger partial charge in [0.1, 0.15) is 0 Å². The standard InChI is InChI=1S/C12H18FN3O/c13-4-1-5-16-7-12(8-16)15-10-2-3-11(9-17)14-6-10/h2-3,6,12,15,17H,1,4-5,7-9H2. The number of halogens is 1. The Kier molecular flexibility index (Phi) is 4.28. The molecular formula is C12H18FN3O. The molecule has 1 aliphatic heterocycles. The number of hydrogen-bond donors (Lipinski definition) is 2. The Hall–Kier alpha value is -1.20. The molecule has 1 aromatic heterocycles. The molecule has 1 fully saturated rings. The average molecular weight is 239 g/mol. The van der Waals surface area contributed by atoms with Crippen LogP contribution >= 0.6 is 0 Å². The molecule has 17 heavy (non-hydrogen) atoms. The van der Waals surface area contributed by atoms with Crippen molar-refractivity contribution in [3.05, 3.63) is 24.0 Å². The lowest BCUT2D eigenvalue weighted by atomic mass is 10.1. The van der Waals surface area contributed by atoms with Gasteiger partial charge in [0, 0.05) is 19.6 Å². The fourth-order valence-electron chi connectivity index (χ4n) is 1.97. The zero-order valence-electron chi connectivity index (χ0n) is 9.77. The molecule has 0 radical (unpaired) electrons. The zero-order chi connectivity index (χ0) is 12.1. The lowest BCUT2D eigenvalue weighted by Gasteiger charge is -2.40. The molecule has 0 atom stereocenters. The average Bonchev–Trinajstić information content (AvgIpc) is 2.32. The Morgan fingerprint density at radius 3 is 2.88 bits per heavy atom. The van der Waals surface area contributed by atoms with Gasteiger partial charge in [0.05, 0.1) is 36.9 Å². The van der Waals surface area contributed by atoms with Crippen molar-refractivity contribution in [1.29, 1.82) is 0 Å². The first kappa shape index (κ1) is 12.3. The van der Waals surface area contributed by atoms with E-state index in [2.05, 4.69) is 15.2 Å². The summed E-state index contributed by atoms with van der Waals surface area (Å²) >= 11 is 0. The van der Waals surface area contributed by atoms with Gasteiger partial charge in [0.25, 0.3) is 0 Å². The monoisotopic (exact) mass is 239 g/mol. The third kappa shape index (κ3) is 3.38. The summed E-state index contributed by atoms with van der Waals surface area (Å²) in [6, 6.07) is 4.15. The number of hydrogen-bond acceptors (Lipinski definition) is 4. The molecule has 0 bridgehead atoms. The third-order valence-corrected chi connectivity index (χ3v) is 2.92. The number of anilines is 1. The summed E-state index contributed by atoms with van der Waals surface area (Å²) in [6.45, 7) is 2.50.